The molecule has 9 heteroatoms. The van der Waals surface area contributed by atoms with E-state index >= 15 is 0 Å². The number of hydrogen-bond donors (Lipinski definition) is 3. The number of carbonyl (C=O) groups excluding carboxylic acids is 1. The van der Waals surface area contributed by atoms with Gasteiger partial charge in [0.2, 0.25) is 5.91 Å². The van der Waals surface area contributed by atoms with Crippen molar-refractivity contribution in [3.63, 3.8) is 0 Å². The summed E-state index contributed by atoms with van der Waals surface area (Å²) in [5.41, 5.74) is 6.76. The van der Waals surface area contributed by atoms with Gasteiger partial charge >= 0.3 is 0 Å². The van der Waals surface area contributed by atoms with Crippen LogP contribution in [0.25, 0.3) is 0 Å². The average Bonchev–Trinajstić information content (AvgIpc) is 2.91. The molecule has 0 radical (unpaired) electrons. The standard InChI is InChI=1S/C28H49BN2O6/c1-20(2)23(15-21-11-12-26(35-4)27(16-21)36-14-8-13-34-3)17-24(29-37-19-30)25(32)18-31-28(33)22-9-6-5-7-10-22/h11-12,16,20,22-25,29,32H,5-10,13-15,17-19,30H2,1-4H3,(H,31,33)/t23-,24-,25-/m0/s1. The summed E-state index contributed by atoms with van der Waals surface area (Å²) in [6.45, 7) is 5.95. The van der Waals surface area contributed by atoms with Crippen LogP contribution in [0.5, 0.6) is 11.5 Å². The van der Waals surface area contributed by atoms with Gasteiger partial charge < -0.3 is 35.0 Å². The highest BCUT2D eigenvalue weighted by Gasteiger charge is 2.28. The van der Waals surface area contributed by atoms with Crippen molar-refractivity contribution in [3.8, 4) is 11.5 Å². The molecule has 1 fully saturated rings. The zero-order valence-electron chi connectivity index (χ0n) is 23.4. The third-order valence-electron chi connectivity index (χ3n) is 7.48. The molecule has 0 aromatic heterocycles. The number of aliphatic hydroxyl groups excluding tert-OH is 1. The summed E-state index contributed by atoms with van der Waals surface area (Å²) in [6, 6.07) is 6.07. The van der Waals surface area contributed by atoms with Gasteiger partial charge in [0.05, 0.1) is 26.6 Å². The second kappa shape index (κ2) is 17.7. The van der Waals surface area contributed by atoms with E-state index in [0.29, 0.717) is 38.3 Å². The van der Waals surface area contributed by atoms with Crippen molar-refractivity contribution in [3.05, 3.63) is 23.8 Å². The van der Waals surface area contributed by atoms with Gasteiger partial charge in [0.25, 0.3) is 7.48 Å². The second-order valence-corrected chi connectivity index (χ2v) is 10.6. The first-order chi connectivity index (χ1) is 17.9. The van der Waals surface area contributed by atoms with Crippen LogP contribution < -0.4 is 20.5 Å². The van der Waals surface area contributed by atoms with Crippen LogP contribution in [0, 0.1) is 17.8 Å². The fraction of sp³-hybridized carbons (Fsp3) is 0.750. The lowest BCUT2D eigenvalue weighted by Crippen LogP contribution is -2.40. The van der Waals surface area contributed by atoms with Gasteiger partial charge in [-0.15, -0.1) is 0 Å². The third-order valence-corrected chi connectivity index (χ3v) is 7.48. The Bertz CT molecular complexity index is 775. The number of methoxy groups -OCH3 is 2. The van der Waals surface area contributed by atoms with Crippen molar-refractivity contribution >= 4 is 13.4 Å². The smallest absolute Gasteiger partial charge is 0.282 e. The Morgan fingerprint density at radius 3 is 2.57 bits per heavy atom. The van der Waals surface area contributed by atoms with E-state index in [1.165, 1.54) is 6.42 Å². The van der Waals surface area contributed by atoms with Gasteiger partial charge in [-0.3, -0.25) is 4.79 Å². The Labute approximate surface area is 224 Å². The molecule has 1 aromatic rings. The first-order valence-corrected chi connectivity index (χ1v) is 13.9. The molecule has 0 saturated heterocycles. The minimum absolute atomic E-state index is 0.0638. The summed E-state index contributed by atoms with van der Waals surface area (Å²) >= 11 is 0. The molecular formula is C28H49BN2O6. The summed E-state index contributed by atoms with van der Waals surface area (Å²) in [7, 11) is 3.68. The van der Waals surface area contributed by atoms with E-state index in [4.69, 9.17) is 24.6 Å². The lowest BCUT2D eigenvalue weighted by Gasteiger charge is -2.30. The Kier molecular flexibility index (Phi) is 15.0. The largest absolute Gasteiger partial charge is 0.493 e. The number of nitrogens with two attached hydrogens (primary N) is 1. The topological polar surface area (TPSA) is 112 Å². The van der Waals surface area contributed by atoms with E-state index in [0.717, 1.165) is 56.3 Å². The van der Waals surface area contributed by atoms with E-state index in [2.05, 4.69) is 25.2 Å². The molecular weight excluding hydrogens is 471 g/mol. The first-order valence-electron chi connectivity index (χ1n) is 13.9. The molecule has 0 unspecified atom stereocenters. The van der Waals surface area contributed by atoms with E-state index in [-0.39, 0.29) is 30.9 Å². The van der Waals surface area contributed by atoms with Crippen molar-refractivity contribution in [2.24, 2.45) is 23.5 Å². The van der Waals surface area contributed by atoms with Crippen molar-refractivity contribution in [1.29, 1.82) is 0 Å². The van der Waals surface area contributed by atoms with Gasteiger partial charge in [0.1, 0.15) is 0 Å². The molecule has 1 aliphatic carbocycles. The van der Waals surface area contributed by atoms with Crippen LogP contribution >= 0.6 is 0 Å². The molecule has 1 amide bonds. The molecule has 0 bridgehead atoms. The fourth-order valence-corrected chi connectivity index (χ4v) is 5.07. The Morgan fingerprint density at radius 2 is 1.92 bits per heavy atom. The summed E-state index contributed by atoms with van der Waals surface area (Å²) < 4.78 is 22.1. The summed E-state index contributed by atoms with van der Waals surface area (Å²) in [6.07, 6.45) is 6.99. The SMILES string of the molecule is COCCCOc1cc(C[C@@H](C[C@H](BOCN)[C@@H](O)CNC(=O)C2CCCCC2)C(C)C)ccc1OC. The van der Waals surface area contributed by atoms with Gasteiger partial charge in [0.15, 0.2) is 11.5 Å². The van der Waals surface area contributed by atoms with E-state index in [9.17, 15) is 9.90 Å². The van der Waals surface area contributed by atoms with Crippen LogP contribution in [0.2, 0.25) is 5.82 Å². The summed E-state index contributed by atoms with van der Waals surface area (Å²) in [5, 5.41) is 14.0. The number of nitrogens with one attached hydrogen (secondary N) is 1. The molecule has 0 heterocycles. The predicted molar refractivity (Wildman–Crippen MR) is 148 cm³/mol. The molecule has 3 atom stereocenters. The maximum atomic E-state index is 12.6. The monoisotopic (exact) mass is 520 g/mol. The molecule has 1 saturated carbocycles. The van der Waals surface area contributed by atoms with Gasteiger partial charge in [-0.1, -0.05) is 39.2 Å². The quantitative estimate of drug-likeness (QED) is 0.154. The molecule has 37 heavy (non-hydrogen) atoms. The lowest BCUT2D eigenvalue weighted by molar-refractivity contribution is -0.126. The number of rotatable bonds is 18. The number of amides is 1. The number of hydrogen-bond acceptors (Lipinski definition) is 7. The zero-order valence-corrected chi connectivity index (χ0v) is 23.4. The van der Waals surface area contributed by atoms with Gasteiger partial charge in [-0.25, -0.2) is 0 Å². The van der Waals surface area contributed by atoms with Crippen molar-refractivity contribution in [1.82, 2.24) is 5.32 Å². The molecule has 0 spiro atoms. The van der Waals surface area contributed by atoms with Crippen molar-refractivity contribution in [2.45, 2.75) is 77.1 Å². The highest BCUT2D eigenvalue weighted by atomic mass is 16.5. The number of ether oxygens (including phenoxy) is 3. The minimum atomic E-state index is -0.698. The third kappa shape index (κ3) is 11.2. The normalized spacial score (nSPS) is 16.7. The van der Waals surface area contributed by atoms with Crippen LogP contribution in [-0.4, -0.2) is 65.3 Å². The van der Waals surface area contributed by atoms with Gasteiger partial charge in [0, 0.05) is 32.6 Å². The van der Waals surface area contributed by atoms with Crippen LogP contribution in [0.3, 0.4) is 0 Å². The van der Waals surface area contributed by atoms with E-state index < -0.39 is 6.10 Å². The number of carbonyl (C=O) groups is 1. The lowest BCUT2D eigenvalue weighted by atomic mass is 9.68. The molecule has 1 aliphatic rings. The number of aliphatic hydroxyl groups is 1. The zero-order chi connectivity index (χ0) is 27.0. The highest BCUT2D eigenvalue weighted by molar-refractivity contribution is 6.29. The molecule has 210 valence electrons. The van der Waals surface area contributed by atoms with Crippen LogP contribution in [0.15, 0.2) is 18.2 Å². The Balaban J connectivity index is 2.03. The molecule has 0 aliphatic heterocycles. The van der Waals surface area contributed by atoms with Crippen LogP contribution in [0.4, 0.5) is 0 Å². The van der Waals surface area contributed by atoms with Crippen molar-refractivity contribution < 1.29 is 28.8 Å². The van der Waals surface area contributed by atoms with Gasteiger partial charge in [-0.05, 0) is 61.0 Å². The Morgan fingerprint density at radius 1 is 1.16 bits per heavy atom. The number of benzene rings is 1. The highest BCUT2D eigenvalue weighted by Crippen LogP contribution is 2.33. The maximum absolute atomic E-state index is 12.6. The second-order valence-electron chi connectivity index (χ2n) is 10.6. The van der Waals surface area contributed by atoms with Gasteiger partial charge in [-0.2, -0.15) is 0 Å². The molecule has 8 nitrogen and oxygen atoms in total. The minimum Gasteiger partial charge on any atom is -0.493 e. The summed E-state index contributed by atoms with van der Waals surface area (Å²) in [5.74, 6) is 2.12. The van der Waals surface area contributed by atoms with E-state index in [1.54, 1.807) is 14.2 Å². The molecule has 1 aromatic carbocycles. The maximum Gasteiger partial charge on any atom is 0.282 e. The summed E-state index contributed by atoms with van der Waals surface area (Å²) in [4.78, 5) is 12.6. The fourth-order valence-electron chi connectivity index (χ4n) is 5.07. The Hall–Kier alpha value is -1.81. The molecule has 2 rings (SSSR count). The van der Waals surface area contributed by atoms with Crippen molar-refractivity contribution in [2.75, 3.05) is 40.7 Å². The average molecular weight is 521 g/mol. The first kappa shape index (κ1) is 31.4. The molecule has 4 N–H and O–H groups in total. The van der Waals surface area contributed by atoms with E-state index in [1.807, 2.05) is 12.1 Å². The van der Waals surface area contributed by atoms with Crippen LogP contribution in [-0.2, 0) is 20.6 Å². The predicted octanol–water partition coefficient (Wildman–Crippen LogP) is 3.45. The van der Waals surface area contributed by atoms with Crippen LogP contribution in [0.1, 0.15) is 64.4 Å².